The number of rotatable bonds is 4. The van der Waals surface area contributed by atoms with E-state index in [-0.39, 0.29) is 5.82 Å². The first kappa shape index (κ1) is 13.5. The molecule has 0 saturated heterocycles. The summed E-state index contributed by atoms with van der Waals surface area (Å²) in [4.78, 5) is 0. The Morgan fingerprint density at radius 2 is 2.00 bits per heavy atom. The lowest BCUT2D eigenvalue weighted by molar-refractivity contribution is 0.625. The van der Waals surface area contributed by atoms with Crippen LogP contribution in [-0.4, -0.2) is 16.7 Å². The summed E-state index contributed by atoms with van der Waals surface area (Å²) in [5.74, 6) is -0.187. The number of fused-ring (bicyclic) bond motifs is 1. The van der Waals surface area contributed by atoms with Crippen molar-refractivity contribution in [2.75, 3.05) is 11.9 Å². The van der Waals surface area contributed by atoms with Crippen LogP contribution in [0.25, 0.3) is 10.9 Å². The van der Waals surface area contributed by atoms with Gasteiger partial charge in [0.25, 0.3) is 0 Å². The average Bonchev–Trinajstić information content (AvgIpc) is 2.50. The van der Waals surface area contributed by atoms with E-state index in [2.05, 4.69) is 15.5 Å². The van der Waals surface area contributed by atoms with E-state index in [1.165, 1.54) is 6.07 Å². The molecule has 0 saturated carbocycles. The quantitative estimate of drug-likeness (QED) is 0.791. The average molecular weight is 281 g/mol. The molecule has 0 unspecified atom stereocenters. The first-order chi connectivity index (χ1) is 10.2. The molecule has 0 bridgehead atoms. The maximum atomic E-state index is 13.1. The second-order valence-corrected chi connectivity index (χ2v) is 5.02. The maximum absolute atomic E-state index is 13.1. The second kappa shape index (κ2) is 5.87. The van der Waals surface area contributed by atoms with Crippen LogP contribution in [0.2, 0.25) is 0 Å². The normalized spacial score (nSPS) is 10.8. The summed E-state index contributed by atoms with van der Waals surface area (Å²) in [5.41, 5.74) is 3.98. The second-order valence-electron chi connectivity index (χ2n) is 5.02. The summed E-state index contributed by atoms with van der Waals surface area (Å²) in [6, 6.07) is 12.8. The fraction of sp³-hybridized carbons (Fsp3) is 0.176. The highest BCUT2D eigenvalue weighted by atomic mass is 19.1. The Hall–Kier alpha value is -2.49. The van der Waals surface area contributed by atoms with Crippen molar-refractivity contribution in [2.45, 2.75) is 13.3 Å². The largest absolute Gasteiger partial charge is 0.383 e. The highest BCUT2D eigenvalue weighted by molar-refractivity contribution is 5.90. The number of hydrogen-bond acceptors (Lipinski definition) is 3. The van der Waals surface area contributed by atoms with E-state index in [0.29, 0.717) is 0 Å². The van der Waals surface area contributed by atoms with Crippen molar-refractivity contribution in [3.8, 4) is 0 Å². The van der Waals surface area contributed by atoms with Crippen LogP contribution in [0.15, 0.2) is 48.7 Å². The first-order valence-electron chi connectivity index (χ1n) is 6.93. The highest BCUT2D eigenvalue weighted by Gasteiger charge is 2.03. The van der Waals surface area contributed by atoms with Crippen LogP contribution in [-0.2, 0) is 6.42 Å². The van der Waals surface area contributed by atoms with Gasteiger partial charge in [0.2, 0.25) is 0 Å². The summed E-state index contributed by atoms with van der Waals surface area (Å²) < 4.78 is 13.1. The lowest BCUT2D eigenvalue weighted by Gasteiger charge is -2.10. The van der Waals surface area contributed by atoms with Crippen LogP contribution in [0.5, 0.6) is 0 Å². The molecule has 1 aromatic heterocycles. The van der Waals surface area contributed by atoms with Gasteiger partial charge in [-0.25, -0.2) is 4.39 Å². The van der Waals surface area contributed by atoms with Crippen LogP contribution in [0, 0.1) is 12.7 Å². The third-order valence-corrected chi connectivity index (χ3v) is 3.56. The molecule has 0 atom stereocenters. The zero-order valence-corrected chi connectivity index (χ0v) is 11.8. The molecule has 0 aliphatic rings. The Labute approximate surface area is 122 Å². The SMILES string of the molecule is Cc1cc(F)ccc1CCNc1cnnc2ccccc12. The third-order valence-electron chi connectivity index (χ3n) is 3.56. The van der Waals surface area contributed by atoms with Gasteiger partial charge in [-0.15, -0.1) is 0 Å². The molecular formula is C17H16FN3. The molecule has 1 N–H and O–H groups in total. The molecule has 21 heavy (non-hydrogen) atoms. The number of aryl methyl sites for hydroxylation is 1. The number of nitrogens with one attached hydrogen (secondary N) is 1. The number of nitrogens with zero attached hydrogens (tertiary/aromatic N) is 2. The summed E-state index contributed by atoms with van der Waals surface area (Å²) in [6.07, 6.45) is 2.57. The predicted octanol–water partition coefficient (Wildman–Crippen LogP) is 3.73. The minimum absolute atomic E-state index is 0.187. The lowest BCUT2D eigenvalue weighted by Crippen LogP contribution is -2.07. The summed E-state index contributed by atoms with van der Waals surface area (Å²) in [5, 5.41) is 12.5. The minimum Gasteiger partial charge on any atom is -0.383 e. The molecule has 2 aromatic carbocycles. The maximum Gasteiger partial charge on any atom is 0.123 e. The van der Waals surface area contributed by atoms with Gasteiger partial charge in [0, 0.05) is 11.9 Å². The van der Waals surface area contributed by atoms with E-state index in [9.17, 15) is 4.39 Å². The standard InChI is InChI=1S/C17H16FN3/c1-12-10-14(18)7-6-13(12)8-9-19-17-11-20-21-16-5-3-2-4-15(16)17/h2-7,10-11H,8-9H2,1H3,(H,19,21). The van der Waals surface area contributed by atoms with Crippen molar-refractivity contribution in [2.24, 2.45) is 0 Å². The van der Waals surface area contributed by atoms with Crippen molar-refractivity contribution < 1.29 is 4.39 Å². The highest BCUT2D eigenvalue weighted by Crippen LogP contribution is 2.20. The van der Waals surface area contributed by atoms with Gasteiger partial charge in [-0.3, -0.25) is 0 Å². The van der Waals surface area contributed by atoms with Crippen molar-refractivity contribution in [1.82, 2.24) is 10.2 Å². The van der Waals surface area contributed by atoms with Crippen molar-refractivity contribution >= 4 is 16.6 Å². The molecule has 0 spiro atoms. The molecule has 1 heterocycles. The van der Waals surface area contributed by atoms with Crippen LogP contribution in [0.4, 0.5) is 10.1 Å². The number of halogens is 1. The van der Waals surface area contributed by atoms with Crippen LogP contribution in [0.3, 0.4) is 0 Å². The monoisotopic (exact) mass is 281 g/mol. The minimum atomic E-state index is -0.187. The Morgan fingerprint density at radius 3 is 2.86 bits per heavy atom. The van der Waals surface area contributed by atoms with E-state index in [0.717, 1.165) is 40.7 Å². The smallest absolute Gasteiger partial charge is 0.123 e. The van der Waals surface area contributed by atoms with Gasteiger partial charge in [0.15, 0.2) is 0 Å². The Kier molecular flexibility index (Phi) is 3.77. The molecular weight excluding hydrogens is 265 g/mol. The van der Waals surface area contributed by atoms with Crippen LogP contribution in [0.1, 0.15) is 11.1 Å². The molecule has 0 aliphatic carbocycles. The fourth-order valence-electron chi connectivity index (χ4n) is 2.42. The molecule has 0 amide bonds. The lowest BCUT2D eigenvalue weighted by atomic mass is 10.1. The van der Waals surface area contributed by atoms with Gasteiger partial charge < -0.3 is 5.32 Å². The fourth-order valence-corrected chi connectivity index (χ4v) is 2.42. The number of hydrogen-bond donors (Lipinski definition) is 1. The van der Waals surface area contributed by atoms with Gasteiger partial charge in [-0.1, -0.05) is 24.3 Å². The Bertz CT molecular complexity index is 766. The summed E-state index contributed by atoms with van der Waals surface area (Å²) in [7, 11) is 0. The van der Waals surface area contributed by atoms with Crippen LogP contribution >= 0.6 is 0 Å². The molecule has 3 nitrogen and oxygen atoms in total. The number of aromatic nitrogens is 2. The molecule has 3 rings (SSSR count). The van der Waals surface area contributed by atoms with Crippen molar-refractivity contribution in [1.29, 1.82) is 0 Å². The Morgan fingerprint density at radius 1 is 1.14 bits per heavy atom. The van der Waals surface area contributed by atoms with Gasteiger partial charge in [0.05, 0.1) is 17.4 Å². The summed E-state index contributed by atoms with van der Waals surface area (Å²) in [6.45, 7) is 2.70. The molecule has 4 heteroatoms. The number of anilines is 1. The van der Waals surface area contributed by atoms with Crippen molar-refractivity contribution in [3.63, 3.8) is 0 Å². The Balaban J connectivity index is 1.72. The molecule has 0 aliphatic heterocycles. The van der Waals surface area contributed by atoms with Gasteiger partial charge >= 0.3 is 0 Å². The van der Waals surface area contributed by atoms with E-state index in [1.807, 2.05) is 37.3 Å². The zero-order chi connectivity index (χ0) is 14.7. The van der Waals surface area contributed by atoms with Gasteiger partial charge in [-0.05, 0) is 42.7 Å². The molecule has 3 aromatic rings. The van der Waals surface area contributed by atoms with Gasteiger partial charge in [0.1, 0.15) is 5.82 Å². The van der Waals surface area contributed by atoms with Gasteiger partial charge in [-0.2, -0.15) is 10.2 Å². The van der Waals surface area contributed by atoms with E-state index >= 15 is 0 Å². The predicted molar refractivity (Wildman–Crippen MR) is 82.9 cm³/mol. The number of benzene rings is 2. The topological polar surface area (TPSA) is 37.8 Å². The van der Waals surface area contributed by atoms with E-state index in [1.54, 1.807) is 12.3 Å². The summed E-state index contributed by atoms with van der Waals surface area (Å²) >= 11 is 0. The van der Waals surface area contributed by atoms with E-state index < -0.39 is 0 Å². The van der Waals surface area contributed by atoms with Crippen molar-refractivity contribution in [3.05, 3.63) is 65.6 Å². The van der Waals surface area contributed by atoms with E-state index in [4.69, 9.17) is 0 Å². The first-order valence-corrected chi connectivity index (χ1v) is 6.93. The molecule has 106 valence electrons. The zero-order valence-electron chi connectivity index (χ0n) is 11.8. The molecule has 0 fully saturated rings. The molecule has 0 radical (unpaired) electrons. The van der Waals surface area contributed by atoms with Crippen LogP contribution < -0.4 is 5.32 Å². The third kappa shape index (κ3) is 2.99.